The summed E-state index contributed by atoms with van der Waals surface area (Å²) in [6.45, 7) is 1.43. The van der Waals surface area contributed by atoms with Gasteiger partial charge in [-0.05, 0) is 29.3 Å². The third kappa shape index (κ3) is 2.67. The molecule has 108 valence electrons. The maximum atomic E-state index is 12.9. The van der Waals surface area contributed by atoms with Crippen LogP contribution < -0.4 is 10.1 Å². The quantitative estimate of drug-likeness (QED) is 0.883. The molecular formula is C17H16ClNO2. The number of ketones is 1. The molecule has 0 saturated carbocycles. The van der Waals surface area contributed by atoms with E-state index in [1.165, 1.54) is 5.56 Å². The van der Waals surface area contributed by atoms with Gasteiger partial charge in [-0.25, -0.2) is 0 Å². The summed E-state index contributed by atoms with van der Waals surface area (Å²) in [5.41, 5.74) is 2.79. The molecule has 3 rings (SSSR count). The van der Waals surface area contributed by atoms with Crippen molar-refractivity contribution in [3.8, 4) is 5.75 Å². The van der Waals surface area contributed by atoms with Crippen LogP contribution >= 0.6 is 11.6 Å². The Morgan fingerprint density at radius 1 is 1.29 bits per heavy atom. The molecule has 0 amide bonds. The van der Waals surface area contributed by atoms with Crippen molar-refractivity contribution in [1.82, 2.24) is 5.32 Å². The molecule has 0 bridgehead atoms. The second-order valence-electron chi connectivity index (χ2n) is 5.09. The maximum Gasteiger partial charge on any atom is 0.175 e. The van der Waals surface area contributed by atoms with Gasteiger partial charge in [0.1, 0.15) is 5.75 Å². The van der Waals surface area contributed by atoms with Gasteiger partial charge in [0.2, 0.25) is 0 Å². The molecule has 1 aliphatic heterocycles. The summed E-state index contributed by atoms with van der Waals surface area (Å²) >= 11 is 6.03. The number of halogens is 1. The van der Waals surface area contributed by atoms with Gasteiger partial charge in [0.05, 0.1) is 18.6 Å². The average molecular weight is 302 g/mol. The lowest BCUT2D eigenvalue weighted by Gasteiger charge is -2.26. The van der Waals surface area contributed by atoms with E-state index in [4.69, 9.17) is 16.3 Å². The molecule has 0 spiro atoms. The van der Waals surface area contributed by atoms with Crippen molar-refractivity contribution in [3.05, 3.63) is 64.2 Å². The lowest BCUT2D eigenvalue weighted by Crippen LogP contribution is -2.32. The van der Waals surface area contributed by atoms with Gasteiger partial charge in [-0.2, -0.15) is 0 Å². The van der Waals surface area contributed by atoms with Crippen LogP contribution in [0.1, 0.15) is 27.4 Å². The number of hydrogen-bond acceptors (Lipinski definition) is 3. The maximum absolute atomic E-state index is 12.9. The van der Waals surface area contributed by atoms with Gasteiger partial charge in [0, 0.05) is 18.1 Å². The van der Waals surface area contributed by atoms with Crippen LogP contribution in [-0.4, -0.2) is 19.4 Å². The SMILES string of the molecule is COc1ccc(Cl)cc1C(=O)C1CNCc2ccccc21. The zero-order valence-electron chi connectivity index (χ0n) is 11.7. The number of methoxy groups -OCH3 is 1. The number of ether oxygens (including phenoxy) is 1. The molecule has 1 unspecified atom stereocenters. The lowest BCUT2D eigenvalue weighted by atomic mass is 9.85. The molecule has 1 atom stereocenters. The molecule has 0 aromatic heterocycles. The van der Waals surface area contributed by atoms with E-state index in [0.717, 1.165) is 12.1 Å². The van der Waals surface area contributed by atoms with E-state index < -0.39 is 0 Å². The number of nitrogens with one attached hydrogen (secondary N) is 1. The third-order valence-electron chi connectivity index (χ3n) is 3.84. The monoisotopic (exact) mass is 301 g/mol. The topological polar surface area (TPSA) is 38.3 Å². The van der Waals surface area contributed by atoms with E-state index in [9.17, 15) is 4.79 Å². The van der Waals surface area contributed by atoms with Crippen molar-refractivity contribution in [3.63, 3.8) is 0 Å². The molecule has 0 aliphatic carbocycles. The molecular weight excluding hydrogens is 286 g/mol. The van der Waals surface area contributed by atoms with Gasteiger partial charge in [0.25, 0.3) is 0 Å². The second kappa shape index (κ2) is 5.88. The summed E-state index contributed by atoms with van der Waals surface area (Å²) in [5, 5.41) is 3.84. The summed E-state index contributed by atoms with van der Waals surface area (Å²) in [7, 11) is 1.56. The van der Waals surface area contributed by atoms with Gasteiger partial charge >= 0.3 is 0 Å². The van der Waals surface area contributed by atoms with Crippen molar-refractivity contribution in [2.24, 2.45) is 0 Å². The van der Waals surface area contributed by atoms with Crippen LogP contribution in [0.25, 0.3) is 0 Å². The Labute approximate surface area is 128 Å². The Hall–Kier alpha value is -1.84. The Morgan fingerprint density at radius 2 is 2.10 bits per heavy atom. The molecule has 2 aromatic carbocycles. The van der Waals surface area contributed by atoms with Crippen molar-refractivity contribution in [2.75, 3.05) is 13.7 Å². The molecule has 21 heavy (non-hydrogen) atoms. The zero-order chi connectivity index (χ0) is 14.8. The van der Waals surface area contributed by atoms with Gasteiger partial charge in [-0.1, -0.05) is 35.9 Å². The Morgan fingerprint density at radius 3 is 2.90 bits per heavy atom. The highest BCUT2D eigenvalue weighted by Crippen LogP contribution is 2.31. The van der Waals surface area contributed by atoms with Gasteiger partial charge in [0.15, 0.2) is 5.78 Å². The molecule has 1 N–H and O–H groups in total. The van der Waals surface area contributed by atoms with Crippen molar-refractivity contribution in [1.29, 1.82) is 0 Å². The van der Waals surface area contributed by atoms with Gasteiger partial charge in [-0.15, -0.1) is 0 Å². The summed E-state index contributed by atoms with van der Waals surface area (Å²) < 4.78 is 5.30. The predicted octanol–water partition coefficient (Wildman–Crippen LogP) is 3.42. The van der Waals surface area contributed by atoms with Crippen LogP contribution in [0.2, 0.25) is 5.02 Å². The minimum absolute atomic E-state index is 0.0361. The number of carbonyl (C=O) groups is 1. The fraction of sp³-hybridized carbons (Fsp3) is 0.235. The summed E-state index contributed by atoms with van der Waals surface area (Å²) in [4.78, 5) is 12.9. The number of Topliss-reactive ketones (excluding diaryl/α,β-unsaturated/α-hetero) is 1. The summed E-state index contributed by atoms with van der Waals surface area (Å²) in [6.07, 6.45) is 0. The predicted molar refractivity (Wildman–Crippen MR) is 83.2 cm³/mol. The zero-order valence-corrected chi connectivity index (χ0v) is 12.5. The first-order valence-corrected chi connectivity index (χ1v) is 7.25. The Bertz CT molecular complexity index is 684. The van der Waals surface area contributed by atoms with E-state index in [1.807, 2.05) is 18.2 Å². The van der Waals surface area contributed by atoms with Crippen molar-refractivity contribution in [2.45, 2.75) is 12.5 Å². The van der Waals surface area contributed by atoms with Crippen LogP contribution in [-0.2, 0) is 6.54 Å². The number of fused-ring (bicyclic) bond motifs is 1. The van der Waals surface area contributed by atoms with Crippen LogP contribution in [0.5, 0.6) is 5.75 Å². The molecule has 0 fully saturated rings. The first-order valence-electron chi connectivity index (χ1n) is 6.87. The number of rotatable bonds is 3. The molecule has 2 aromatic rings. The molecule has 0 radical (unpaired) electrons. The van der Waals surface area contributed by atoms with Crippen LogP contribution in [0, 0.1) is 0 Å². The number of benzene rings is 2. The van der Waals surface area contributed by atoms with E-state index in [-0.39, 0.29) is 11.7 Å². The fourth-order valence-electron chi connectivity index (χ4n) is 2.79. The minimum atomic E-state index is -0.206. The van der Waals surface area contributed by atoms with Gasteiger partial charge < -0.3 is 10.1 Å². The standard InChI is InChI=1S/C17H16ClNO2/c1-21-16-7-6-12(18)8-14(16)17(20)15-10-19-9-11-4-2-3-5-13(11)15/h2-8,15,19H,9-10H2,1H3. The van der Waals surface area contributed by atoms with Crippen molar-refractivity contribution < 1.29 is 9.53 Å². The highest BCUT2D eigenvalue weighted by atomic mass is 35.5. The molecule has 1 heterocycles. The smallest absolute Gasteiger partial charge is 0.175 e. The largest absolute Gasteiger partial charge is 0.496 e. The van der Waals surface area contributed by atoms with Crippen LogP contribution in [0.4, 0.5) is 0 Å². The summed E-state index contributed by atoms with van der Waals surface area (Å²) in [5.74, 6) is 0.392. The first-order chi connectivity index (χ1) is 10.2. The van der Waals surface area contributed by atoms with Crippen LogP contribution in [0.15, 0.2) is 42.5 Å². The highest BCUT2D eigenvalue weighted by molar-refractivity contribution is 6.31. The molecule has 4 heteroatoms. The average Bonchev–Trinajstić information content (AvgIpc) is 2.53. The number of carbonyl (C=O) groups excluding carboxylic acids is 1. The third-order valence-corrected chi connectivity index (χ3v) is 4.07. The molecule has 3 nitrogen and oxygen atoms in total. The fourth-order valence-corrected chi connectivity index (χ4v) is 2.96. The Balaban J connectivity index is 2.02. The normalized spacial score (nSPS) is 17.1. The number of hydrogen-bond donors (Lipinski definition) is 1. The highest BCUT2D eigenvalue weighted by Gasteiger charge is 2.28. The van der Waals surface area contributed by atoms with E-state index >= 15 is 0 Å². The minimum Gasteiger partial charge on any atom is -0.496 e. The van der Waals surface area contributed by atoms with Gasteiger partial charge in [-0.3, -0.25) is 4.79 Å². The lowest BCUT2D eigenvalue weighted by molar-refractivity contribution is 0.0952. The first kappa shape index (κ1) is 14.1. The second-order valence-corrected chi connectivity index (χ2v) is 5.53. The summed E-state index contributed by atoms with van der Waals surface area (Å²) in [6, 6.07) is 13.2. The van der Waals surface area contributed by atoms with E-state index in [1.54, 1.807) is 25.3 Å². The molecule has 0 saturated heterocycles. The van der Waals surface area contributed by atoms with E-state index in [0.29, 0.717) is 22.9 Å². The van der Waals surface area contributed by atoms with Crippen LogP contribution in [0.3, 0.4) is 0 Å². The molecule has 1 aliphatic rings. The van der Waals surface area contributed by atoms with E-state index in [2.05, 4.69) is 11.4 Å². The van der Waals surface area contributed by atoms with Crippen molar-refractivity contribution >= 4 is 17.4 Å². The Kier molecular flexibility index (Phi) is 3.95.